The van der Waals surface area contributed by atoms with Gasteiger partial charge in [-0.1, -0.05) is 0 Å². The zero-order chi connectivity index (χ0) is 15.8. The number of aryl methyl sites for hydroxylation is 2. The Kier molecular flexibility index (Phi) is 3.80. The first-order valence-electron chi connectivity index (χ1n) is 6.06. The van der Waals surface area contributed by atoms with Crippen molar-refractivity contribution in [2.24, 2.45) is 0 Å². The number of alkyl halides is 3. The van der Waals surface area contributed by atoms with Crippen molar-refractivity contribution in [2.75, 3.05) is 6.61 Å². The summed E-state index contributed by atoms with van der Waals surface area (Å²) in [4.78, 5) is 14.9. The van der Waals surface area contributed by atoms with Gasteiger partial charge in [-0.05, 0) is 26.8 Å². The Labute approximate surface area is 117 Å². The predicted molar refractivity (Wildman–Crippen MR) is 64.6 cm³/mol. The quantitative estimate of drug-likeness (QED) is 0.808. The molecule has 0 radical (unpaired) electrons. The Balaban J connectivity index is 2.55. The molecule has 0 spiro atoms. The topological polar surface area (TPSA) is 65.5 Å². The number of hydrogen-bond acceptors (Lipinski definition) is 5. The van der Waals surface area contributed by atoms with Crippen molar-refractivity contribution in [3.05, 3.63) is 29.0 Å². The molecule has 0 saturated carbocycles. The van der Waals surface area contributed by atoms with Crippen LogP contribution in [-0.2, 0) is 10.9 Å². The first-order chi connectivity index (χ1) is 9.74. The van der Waals surface area contributed by atoms with E-state index in [1.165, 1.54) is 13.0 Å². The molecule has 2 aromatic rings. The number of aromatic nitrogens is 1. The fourth-order valence-corrected chi connectivity index (χ4v) is 1.81. The largest absolute Gasteiger partial charge is 0.466 e. The minimum Gasteiger partial charge on any atom is -0.466 e. The van der Waals surface area contributed by atoms with Gasteiger partial charge in [0.15, 0.2) is 5.69 Å². The molecule has 0 atom stereocenters. The van der Waals surface area contributed by atoms with Crippen LogP contribution in [0.3, 0.4) is 0 Å². The van der Waals surface area contributed by atoms with Crippen molar-refractivity contribution in [1.82, 2.24) is 4.98 Å². The lowest BCUT2D eigenvalue weighted by Crippen LogP contribution is -2.14. The average Bonchev–Trinajstić information content (AvgIpc) is 2.92. The third-order valence-corrected chi connectivity index (χ3v) is 2.63. The number of furan rings is 1. The summed E-state index contributed by atoms with van der Waals surface area (Å²) in [6.07, 6.45) is -4.82. The number of rotatable bonds is 3. The molecule has 114 valence electrons. The summed E-state index contributed by atoms with van der Waals surface area (Å²) in [7, 11) is 0. The van der Waals surface area contributed by atoms with Gasteiger partial charge in [-0.3, -0.25) is 0 Å². The van der Waals surface area contributed by atoms with E-state index in [4.69, 9.17) is 8.83 Å². The van der Waals surface area contributed by atoms with Gasteiger partial charge in [0, 0.05) is 0 Å². The molecule has 8 heteroatoms. The fraction of sp³-hybridized carbons (Fsp3) is 0.385. The predicted octanol–water partition coefficient (Wildman–Crippen LogP) is 3.75. The summed E-state index contributed by atoms with van der Waals surface area (Å²) in [5.74, 6) is -1.66. The van der Waals surface area contributed by atoms with Gasteiger partial charge in [-0.25, -0.2) is 9.78 Å². The maximum absolute atomic E-state index is 12.9. The lowest BCUT2D eigenvalue weighted by molar-refractivity contribution is -0.141. The molecule has 2 aromatic heterocycles. The number of halogens is 3. The molecule has 0 aliphatic carbocycles. The van der Waals surface area contributed by atoms with Gasteiger partial charge in [0.2, 0.25) is 11.7 Å². The van der Waals surface area contributed by atoms with Crippen LogP contribution in [0.15, 0.2) is 14.9 Å². The van der Waals surface area contributed by atoms with Crippen molar-refractivity contribution in [3.8, 4) is 11.5 Å². The minimum absolute atomic E-state index is 0.0734. The molecular weight excluding hydrogens is 291 g/mol. The average molecular weight is 303 g/mol. The van der Waals surface area contributed by atoms with E-state index < -0.39 is 23.6 Å². The third-order valence-electron chi connectivity index (χ3n) is 2.63. The monoisotopic (exact) mass is 303 g/mol. The van der Waals surface area contributed by atoms with E-state index in [0.717, 1.165) is 0 Å². The Hall–Kier alpha value is -2.25. The number of carbonyl (C=O) groups is 1. The number of ether oxygens (including phenoxy) is 1. The van der Waals surface area contributed by atoms with Crippen LogP contribution in [-0.4, -0.2) is 17.6 Å². The van der Waals surface area contributed by atoms with Gasteiger partial charge in [-0.15, -0.1) is 0 Å². The smallest absolute Gasteiger partial charge is 0.437 e. The van der Waals surface area contributed by atoms with E-state index in [9.17, 15) is 18.0 Å². The number of esters is 1. The van der Waals surface area contributed by atoms with Crippen LogP contribution in [0, 0.1) is 13.8 Å². The summed E-state index contributed by atoms with van der Waals surface area (Å²) < 4.78 is 53.5. The highest BCUT2D eigenvalue weighted by molar-refractivity contribution is 5.88. The van der Waals surface area contributed by atoms with Crippen LogP contribution in [0.1, 0.15) is 34.7 Å². The van der Waals surface area contributed by atoms with Crippen LogP contribution < -0.4 is 0 Å². The van der Waals surface area contributed by atoms with Crippen molar-refractivity contribution < 1.29 is 31.5 Å². The zero-order valence-corrected chi connectivity index (χ0v) is 11.5. The van der Waals surface area contributed by atoms with Gasteiger partial charge in [-0.2, -0.15) is 13.2 Å². The Morgan fingerprint density at radius 2 is 2.00 bits per heavy atom. The maximum atomic E-state index is 12.9. The van der Waals surface area contributed by atoms with Gasteiger partial charge in [0.1, 0.15) is 11.5 Å². The second-order valence-corrected chi connectivity index (χ2v) is 4.24. The first kappa shape index (κ1) is 15.1. The van der Waals surface area contributed by atoms with E-state index in [2.05, 4.69) is 9.72 Å². The molecule has 0 aliphatic rings. The Morgan fingerprint density at radius 3 is 2.48 bits per heavy atom. The third kappa shape index (κ3) is 2.93. The summed E-state index contributed by atoms with van der Waals surface area (Å²) in [6, 6.07) is 1.48. The molecule has 0 aromatic carbocycles. The summed E-state index contributed by atoms with van der Waals surface area (Å²) in [5.41, 5.74) is -1.15. The molecule has 0 fully saturated rings. The second kappa shape index (κ2) is 5.27. The summed E-state index contributed by atoms with van der Waals surface area (Å²) >= 11 is 0. The standard InChI is InChI=1S/C13H12F3NO4/c1-4-19-12(18)9-10(13(14,15)16)17-11(21-9)8-5-6(2)20-7(8)3/h5H,4H2,1-3H3. The van der Waals surface area contributed by atoms with E-state index in [0.29, 0.717) is 11.5 Å². The molecule has 0 aliphatic heterocycles. The maximum Gasteiger partial charge on any atom is 0.437 e. The lowest BCUT2D eigenvalue weighted by atomic mass is 10.2. The summed E-state index contributed by atoms with van der Waals surface area (Å²) in [5, 5.41) is 0. The molecular formula is C13H12F3NO4. The minimum atomic E-state index is -4.82. The molecule has 0 saturated heterocycles. The lowest BCUT2D eigenvalue weighted by Gasteiger charge is -2.03. The molecule has 5 nitrogen and oxygen atoms in total. The number of nitrogens with zero attached hydrogens (tertiary/aromatic N) is 1. The van der Waals surface area contributed by atoms with E-state index in [-0.39, 0.29) is 18.1 Å². The molecule has 2 rings (SSSR count). The number of hydrogen-bond donors (Lipinski definition) is 0. The van der Waals surface area contributed by atoms with Crippen molar-refractivity contribution in [3.63, 3.8) is 0 Å². The van der Waals surface area contributed by atoms with E-state index in [1.54, 1.807) is 13.8 Å². The summed E-state index contributed by atoms with van der Waals surface area (Å²) in [6.45, 7) is 4.60. The molecule has 0 bridgehead atoms. The molecule has 0 amide bonds. The van der Waals surface area contributed by atoms with Crippen LogP contribution in [0.4, 0.5) is 13.2 Å². The van der Waals surface area contributed by atoms with Gasteiger partial charge in [0.05, 0.1) is 12.2 Å². The molecule has 0 unspecified atom stereocenters. The van der Waals surface area contributed by atoms with E-state index >= 15 is 0 Å². The van der Waals surface area contributed by atoms with E-state index in [1.807, 2.05) is 0 Å². The zero-order valence-electron chi connectivity index (χ0n) is 11.5. The van der Waals surface area contributed by atoms with Crippen molar-refractivity contribution in [1.29, 1.82) is 0 Å². The molecule has 0 N–H and O–H groups in total. The highest BCUT2D eigenvalue weighted by Crippen LogP contribution is 2.36. The fourth-order valence-electron chi connectivity index (χ4n) is 1.81. The van der Waals surface area contributed by atoms with Gasteiger partial charge >= 0.3 is 12.1 Å². The first-order valence-corrected chi connectivity index (χ1v) is 6.06. The Morgan fingerprint density at radius 1 is 1.33 bits per heavy atom. The number of carbonyl (C=O) groups excluding carboxylic acids is 1. The molecule has 21 heavy (non-hydrogen) atoms. The normalized spacial score (nSPS) is 11.7. The molecule has 2 heterocycles. The van der Waals surface area contributed by atoms with Crippen LogP contribution in [0.2, 0.25) is 0 Å². The highest BCUT2D eigenvalue weighted by Gasteiger charge is 2.42. The Bertz CT molecular complexity index is 669. The van der Waals surface area contributed by atoms with Crippen LogP contribution in [0.5, 0.6) is 0 Å². The van der Waals surface area contributed by atoms with Crippen molar-refractivity contribution >= 4 is 5.97 Å². The SMILES string of the molecule is CCOC(=O)c1oc(-c2cc(C)oc2C)nc1C(F)(F)F. The van der Waals surface area contributed by atoms with Crippen molar-refractivity contribution in [2.45, 2.75) is 26.9 Å². The number of oxazole rings is 1. The van der Waals surface area contributed by atoms with Crippen LogP contribution in [0.25, 0.3) is 11.5 Å². The van der Waals surface area contributed by atoms with Gasteiger partial charge in [0.25, 0.3) is 0 Å². The second-order valence-electron chi connectivity index (χ2n) is 4.24. The highest BCUT2D eigenvalue weighted by atomic mass is 19.4. The van der Waals surface area contributed by atoms with Gasteiger partial charge < -0.3 is 13.6 Å². The van der Waals surface area contributed by atoms with Crippen LogP contribution >= 0.6 is 0 Å².